The third-order valence-corrected chi connectivity index (χ3v) is 2.31. The Balaban J connectivity index is 2.28. The molecule has 0 amide bonds. The summed E-state index contributed by atoms with van der Waals surface area (Å²) in [6, 6.07) is 14.4. The molecule has 0 heterocycles. The highest BCUT2D eigenvalue weighted by Crippen LogP contribution is 2.16. The van der Waals surface area contributed by atoms with E-state index in [4.69, 9.17) is 5.73 Å². The van der Waals surface area contributed by atoms with Gasteiger partial charge in [-0.1, -0.05) is 30.3 Å². The molecule has 2 heteroatoms. The first kappa shape index (κ1) is 9.71. The monoisotopic (exact) mass is 201 g/mol. The van der Waals surface area contributed by atoms with Crippen LogP contribution in [0.15, 0.2) is 48.5 Å². The smallest absolute Gasteiger partial charge is 0.126 e. The fraction of sp³-hybridized carbons (Fsp3) is 0.0769. The zero-order valence-corrected chi connectivity index (χ0v) is 8.28. The molecule has 0 spiro atoms. The van der Waals surface area contributed by atoms with Gasteiger partial charge in [0.2, 0.25) is 0 Å². The predicted molar refractivity (Wildman–Crippen MR) is 60.1 cm³/mol. The van der Waals surface area contributed by atoms with E-state index >= 15 is 0 Å². The van der Waals surface area contributed by atoms with Crippen LogP contribution in [-0.4, -0.2) is 0 Å². The second kappa shape index (κ2) is 4.13. The Kier molecular flexibility index (Phi) is 2.68. The largest absolute Gasteiger partial charge is 0.399 e. The molecule has 2 aromatic rings. The highest BCUT2D eigenvalue weighted by Gasteiger charge is 2.03. The molecule has 0 unspecified atom stereocenters. The van der Waals surface area contributed by atoms with Crippen molar-refractivity contribution in [1.29, 1.82) is 0 Å². The minimum Gasteiger partial charge on any atom is -0.399 e. The Labute approximate surface area is 88.4 Å². The van der Waals surface area contributed by atoms with Gasteiger partial charge in [0.15, 0.2) is 0 Å². The van der Waals surface area contributed by atoms with Crippen molar-refractivity contribution >= 4 is 5.69 Å². The third-order valence-electron chi connectivity index (χ3n) is 2.31. The van der Waals surface area contributed by atoms with Crippen molar-refractivity contribution in [2.24, 2.45) is 0 Å². The Bertz CT molecular complexity index is 451. The normalized spacial score (nSPS) is 10.2. The zero-order chi connectivity index (χ0) is 10.7. The number of halogens is 1. The first-order valence-corrected chi connectivity index (χ1v) is 4.83. The predicted octanol–water partition coefficient (Wildman–Crippen LogP) is 3.00. The van der Waals surface area contributed by atoms with Crippen molar-refractivity contribution in [3.05, 3.63) is 65.5 Å². The molecular formula is C13H12FN. The van der Waals surface area contributed by atoms with E-state index in [1.165, 1.54) is 6.07 Å². The fourth-order valence-corrected chi connectivity index (χ4v) is 1.55. The van der Waals surface area contributed by atoms with Crippen LogP contribution in [0.2, 0.25) is 0 Å². The fourth-order valence-electron chi connectivity index (χ4n) is 1.55. The maximum absolute atomic E-state index is 13.4. The van der Waals surface area contributed by atoms with Crippen LogP contribution in [0, 0.1) is 5.82 Å². The lowest BCUT2D eigenvalue weighted by molar-refractivity contribution is 0.614. The quantitative estimate of drug-likeness (QED) is 0.742. The van der Waals surface area contributed by atoms with E-state index in [1.54, 1.807) is 12.1 Å². The summed E-state index contributed by atoms with van der Waals surface area (Å²) >= 11 is 0. The Morgan fingerprint density at radius 1 is 1.00 bits per heavy atom. The number of hydrogen-bond donors (Lipinski definition) is 1. The Morgan fingerprint density at radius 3 is 2.47 bits per heavy atom. The van der Waals surface area contributed by atoms with Gasteiger partial charge in [-0.05, 0) is 29.3 Å². The van der Waals surface area contributed by atoms with Crippen LogP contribution < -0.4 is 5.73 Å². The Hall–Kier alpha value is -1.83. The summed E-state index contributed by atoms with van der Waals surface area (Å²) in [5.41, 5.74) is 7.94. The van der Waals surface area contributed by atoms with Crippen molar-refractivity contribution in [3.63, 3.8) is 0 Å². The van der Waals surface area contributed by atoms with Gasteiger partial charge in [-0.2, -0.15) is 0 Å². The van der Waals surface area contributed by atoms with Crippen molar-refractivity contribution in [1.82, 2.24) is 0 Å². The number of benzene rings is 2. The van der Waals surface area contributed by atoms with E-state index in [0.29, 0.717) is 17.7 Å². The van der Waals surface area contributed by atoms with E-state index in [2.05, 4.69) is 0 Å². The van der Waals surface area contributed by atoms with E-state index in [-0.39, 0.29) is 5.82 Å². The molecule has 2 aromatic carbocycles. The summed E-state index contributed by atoms with van der Waals surface area (Å²) in [5, 5.41) is 0. The molecule has 2 N–H and O–H groups in total. The molecule has 0 aromatic heterocycles. The topological polar surface area (TPSA) is 26.0 Å². The standard InChI is InChI=1S/C13H12FN/c14-13-7-6-12(15)9-11(13)8-10-4-2-1-3-5-10/h1-7,9H,8,15H2. The van der Waals surface area contributed by atoms with Gasteiger partial charge < -0.3 is 5.73 Å². The first-order chi connectivity index (χ1) is 7.25. The minimum atomic E-state index is -0.201. The van der Waals surface area contributed by atoms with Crippen molar-refractivity contribution in [2.45, 2.75) is 6.42 Å². The van der Waals surface area contributed by atoms with Gasteiger partial charge in [0.25, 0.3) is 0 Å². The van der Waals surface area contributed by atoms with E-state index in [0.717, 1.165) is 5.56 Å². The number of nitrogens with two attached hydrogens (primary N) is 1. The molecule has 0 saturated heterocycles. The molecule has 76 valence electrons. The van der Waals surface area contributed by atoms with Gasteiger partial charge in [0.05, 0.1) is 0 Å². The van der Waals surface area contributed by atoms with Crippen molar-refractivity contribution < 1.29 is 4.39 Å². The Morgan fingerprint density at radius 2 is 1.73 bits per heavy atom. The average molecular weight is 201 g/mol. The van der Waals surface area contributed by atoms with E-state index in [9.17, 15) is 4.39 Å². The molecule has 0 fully saturated rings. The molecule has 0 aliphatic heterocycles. The molecule has 0 aliphatic carbocycles. The summed E-state index contributed by atoms with van der Waals surface area (Å²) in [6.45, 7) is 0. The summed E-state index contributed by atoms with van der Waals surface area (Å²) in [7, 11) is 0. The second-order valence-corrected chi connectivity index (χ2v) is 3.51. The maximum atomic E-state index is 13.4. The van der Waals surface area contributed by atoms with Crippen LogP contribution in [0.5, 0.6) is 0 Å². The van der Waals surface area contributed by atoms with Crippen LogP contribution in [-0.2, 0) is 6.42 Å². The third kappa shape index (κ3) is 2.34. The molecule has 1 nitrogen and oxygen atoms in total. The number of hydrogen-bond acceptors (Lipinski definition) is 1. The molecule has 2 rings (SSSR count). The van der Waals surface area contributed by atoms with Crippen LogP contribution in [0.25, 0.3) is 0 Å². The highest BCUT2D eigenvalue weighted by molar-refractivity contribution is 5.42. The van der Waals surface area contributed by atoms with Crippen molar-refractivity contribution in [3.8, 4) is 0 Å². The van der Waals surface area contributed by atoms with Gasteiger partial charge in [-0.3, -0.25) is 0 Å². The summed E-state index contributed by atoms with van der Waals surface area (Å²) in [5.74, 6) is -0.201. The number of rotatable bonds is 2. The zero-order valence-electron chi connectivity index (χ0n) is 8.28. The lowest BCUT2D eigenvalue weighted by atomic mass is 10.0. The van der Waals surface area contributed by atoms with Gasteiger partial charge in [-0.25, -0.2) is 4.39 Å². The molecule has 0 bridgehead atoms. The average Bonchev–Trinajstić information content (AvgIpc) is 2.25. The van der Waals surface area contributed by atoms with Crippen LogP contribution >= 0.6 is 0 Å². The van der Waals surface area contributed by atoms with Crippen LogP contribution in [0.1, 0.15) is 11.1 Å². The summed E-state index contributed by atoms with van der Waals surface area (Å²) < 4.78 is 13.4. The second-order valence-electron chi connectivity index (χ2n) is 3.51. The van der Waals surface area contributed by atoms with Crippen molar-refractivity contribution in [2.75, 3.05) is 5.73 Å². The van der Waals surface area contributed by atoms with Gasteiger partial charge in [-0.15, -0.1) is 0 Å². The maximum Gasteiger partial charge on any atom is 0.126 e. The minimum absolute atomic E-state index is 0.201. The van der Waals surface area contributed by atoms with Gasteiger partial charge >= 0.3 is 0 Å². The molecule has 0 atom stereocenters. The molecule has 0 saturated carbocycles. The highest BCUT2D eigenvalue weighted by atomic mass is 19.1. The van der Waals surface area contributed by atoms with E-state index < -0.39 is 0 Å². The lowest BCUT2D eigenvalue weighted by Gasteiger charge is -2.04. The summed E-state index contributed by atoms with van der Waals surface area (Å²) in [4.78, 5) is 0. The molecular weight excluding hydrogens is 189 g/mol. The first-order valence-electron chi connectivity index (χ1n) is 4.83. The van der Waals surface area contributed by atoms with Gasteiger partial charge in [0.1, 0.15) is 5.82 Å². The molecule has 0 aliphatic rings. The number of anilines is 1. The number of nitrogen functional groups attached to an aromatic ring is 1. The van der Waals surface area contributed by atoms with E-state index in [1.807, 2.05) is 30.3 Å². The lowest BCUT2D eigenvalue weighted by Crippen LogP contribution is -1.95. The van der Waals surface area contributed by atoms with Crippen LogP contribution in [0.3, 0.4) is 0 Å². The van der Waals surface area contributed by atoms with Crippen LogP contribution in [0.4, 0.5) is 10.1 Å². The molecule has 15 heavy (non-hydrogen) atoms. The summed E-state index contributed by atoms with van der Waals surface area (Å²) in [6.07, 6.45) is 0.581. The van der Waals surface area contributed by atoms with Gasteiger partial charge in [0, 0.05) is 12.1 Å². The molecule has 0 radical (unpaired) electrons. The SMILES string of the molecule is Nc1ccc(F)c(Cc2ccccc2)c1.